The molecular formula is C14H20N2O2. The average molecular weight is 248 g/mol. The normalized spacial score (nSPS) is 23.6. The molecule has 2 atom stereocenters. The fourth-order valence-corrected chi connectivity index (χ4v) is 2.47. The standard InChI is InChI=1S/C14H20N2O2/c1-18-12-6-4-5-11(9-12)10-16-14(17)13-7-2-3-8-15-13/h2-3,7-8,11-12H,4-6,9-10H2,1H3,(H,16,17)/t11-,12+/m0/s1. The van der Waals surface area contributed by atoms with Crippen LogP contribution in [0, 0.1) is 5.92 Å². The molecule has 0 radical (unpaired) electrons. The van der Waals surface area contributed by atoms with Crippen LogP contribution < -0.4 is 5.32 Å². The van der Waals surface area contributed by atoms with Crippen molar-refractivity contribution in [2.45, 2.75) is 31.8 Å². The molecular weight excluding hydrogens is 228 g/mol. The van der Waals surface area contributed by atoms with Gasteiger partial charge in [0.25, 0.3) is 5.91 Å². The lowest BCUT2D eigenvalue weighted by molar-refractivity contribution is 0.0500. The van der Waals surface area contributed by atoms with E-state index in [2.05, 4.69) is 10.3 Å². The molecule has 1 aliphatic carbocycles. The van der Waals surface area contributed by atoms with Gasteiger partial charge in [-0.2, -0.15) is 0 Å². The van der Waals surface area contributed by atoms with E-state index in [1.54, 1.807) is 25.4 Å². The molecule has 0 spiro atoms. The summed E-state index contributed by atoms with van der Waals surface area (Å²) in [6, 6.07) is 5.36. The number of hydrogen-bond donors (Lipinski definition) is 1. The fraction of sp³-hybridized carbons (Fsp3) is 0.571. The van der Waals surface area contributed by atoms with Gasteiger partial charge in [-0.15, -0.1) is 0 Å². The molecule has 1 aliphatic rings. The van der Waals surface area contributed by atoms with Gasteiger partial charge >= 0.3 is 0 Å². The highest BCUT2D eigenvalue weighted by molar-refractivity contribution is 5.92. The first-order chi connectivity index (χ1) is 8.79. The molecule has 1 aromatic heterocycles. The highest BCUT2D eigenvalue weighted by atomic mass is 16.5. The van der Waals surface area contributed by atoms with Gasteiger partial charge in [0.15, 0.2) is 0 Å². The first kappa shape index (κ1) is 13.0. The number of ether oxygens (including phenoxy) is 1. The van der Waals surface area contributed by atoms with E-state index < -0.39 is 0 Å². The molecule has 1 aromatic rings. The second kappa shape index (κ2) is 6.50. The summed E-state index contributed by atoms with van der Waals surface area (Å²) in [4.78, 5) is 15.9. The maximum atomic E-state index is 11.8. The highest BCUT2D eigenvalue weighted by Crippen LogP contribution is 2.25. The third-order valence-electron chi connectivity index (χ3n) is 3.52. The van der Waals surface area contributed by atoms with Crippen molar-refractivity contribution in [1.82, 2.24) is 10.3 Å². The zero-order valence-corrected chi connectivity index (χ0v) is 10.8. The predicted molar refractivity (Wildman–Crippen MR) is 69.3 cm³/mol. The minimum atomic E-state index is -0.0878. The molecule has 4 heteroatoms. The van der Waals surface area contributed by atoms with E-state index in [1.165, 1.54) is 12.8 Å². The molecule has 0 aromatic carbocycles. The summed E-state index contributed by atoms with van der Waals surface area (Å²) in [5.41, 5.74) is 0.483. The number of carbonyl (C=O) groups is 1. The van der Waals surface area contributed by atoms with Crippen molar-refractivity contribution >= 4 is 5.91 Å². The summed E-state index contributed by atoms with van der Waals surface area (Å²) in [5.74, 6) is 0.437. The summed E-state index contributed by atoms with van der Waals surface area (Å²) in [5, 5.41) is 2.96. The van der Waals surface area contributed by atoms with Crippen molar-refractivity contribution in [2.75, 3.05) is 13.7 Å². The molecule has 0 unspecified atom stereocenters. The van der Waals surface area contributed by atoms with Gasteiger partial charge in [-0.3, -0.25) is 9.78 Å². The Morgan fingerprint density at radius 3 is 3.11 bits per heavy atom. The van der Waals surface area contributed by atoms with Crippen LogP contribution in [0.15, 0.2) is 24.4 Å². The quantitative estimate of drug-likeness (QED) is 0.887. The SMILES string of the molecule is CO[C@@H]1CCC[C@H](CNC(=O)c2ccccn2)C1. The lowest BCUT2D eigenvalue weighted by Gasteiger charge is -2.28. The Morgan fingerprint density at radius 2 is 2.39 bits per heavy atom. The molecule has 1 saturated carbocycles. The zero-order chi connectivity index (χ0) is 12.8. The summed E-state index contributed by atoms with van der Waals surface area (Å²) < 4.78 is 5.39. The highest BCUT2D eigenvalue weighted by Gasteiger charge is 2.22. The zero-order valence-electron chi connectivity index (χ0n) is 10.8. The Labute approximate surface area is 108 Å². The second-order valence-electron chi connectivity index (χ2n) is 4.82. The molecule has 1 heterocycles. The van der Waals surface area contributed by atoms with E-state index in [9.17, 15) is 4.79 Å². The van der Waals surface area contributed by atoms with Gasteiger partial charge in [0.1, 0.15) is 5.69 Å². The first-order valence-electron chi connectivity index (χ1n) is 6.51. The summed E-state index contributed by atoms with van der Waals surface area (Å²) in [6.45, 7) is 0.718. The molecule has 18 heavy (non-hydrogen) atoms. The molecule has 98 valence electrons. The number of pyridine rings is 1. The van der Waals surface area contributed by atoms with Crippen molar-refractivity contribution < 1.29 is 9.53 Å². The summed E-state index contributed by atoms with van der Waals surface area (Å²) in [7, 11) is 1.76. The lowest BCUT2D eigenvalue weighted by atomic mass is 9.87. The number of nitrogens with zero attached hydrogens (tertiary/aromatic N) is 1. The molecule has 1 fully saturated rings. The first-order valence-corrected chi connectivity index (χ1v) is 6.51. The Bertz CT molecular complexity index is 381. The molecule has 0 saturated heterocycles. The van der Waals surface area contributed by atoms with Crippen LogP contribution in [0.1, 0.15) is 36.2 Å². The Morgan fingerprint density at radius 1 is 1.50 bits per heavy atom. The minimum Gasteiger partial charge on any atom is -0.381 e. The van der Waals surface area contributed by atoms with Crippen molar-refractivity contribution in [2.24, 2.45) is 5.92 Å². The van der Waals surface area contributed by atoms with Crippen molar-refractivity contribution in [3.63, 3.8) is 0 Å². The second-order valence-corrected chi connectivity index (χ2v) is 4.82. The van der Waals surface area contributed by atoms with E-state index in [4.69, 9.17) is 4.74 Å². The van der Waals surface area contributed by atoms with Crippen LogP contribution >= 0.6 is 0 Å². The number of amides is 1. The van der Waals surface area contributed by atoms with E-state index in [0.717, 1.165) is 19.4 Å². The molecule has 1 N–H and O–H groups in total. The Balaban J connectivity index is 1.79. The predicted octanol–water partition coefficient (Wildman–Crippen LogP) is 2.02. The largest absolute Gasteiger partial charge is 0.381 e. The van der Waals surface area contributed by atoms with Gasteiger partial charge in [-0.25, -0.2) is 0 Å². The number of methoxy groups -OCH3 is 1. The molecule has 1 amide bonds. The van der Waals surface area contributed by atoms with E-state index >= 15 is 0 Å². The number of carbonyl (C=O) groups excluding carboxylic acids is 1. The van der Waals surface area contributed by atoms with Crippen molar-refractivity contribution in [3.05, 3.63) is 30.1 Å². The lowest BCUT2D eigenvalue weighted by Crippen LogP contribution is -2.33. The van der Waals surface area contributed by atoms with Gasteiger partial charge in [0.05, 0.1) is 6.10 Å². The maximum Gasteiger partial charge on any atom is 0.269 e. The summed E-state index contributed by atoms with van der Waals surface area (Å²) in [6.07, 6.45) is 6.53. The molecule has 0 aliphatic heterocycles. The maximum absolute atomic E-state index is 11.8. The third kappa shape index (κ3) is 3.53. The monoisotopic (exact) mass is 248 g/mol. The van der Waals surface area contributed by atoms with Crippen LogP contribution in [0.3, 0.4) is 0 Å². The average Bonchev–Trinajstić information content (AvgIpc) is 2.46. The van der Waals surface area contributed by atoms with Crippen molar-refractivity contribution in [3.8, 4) is 0 Å². The minimum absolute atomic E-state index is 0.0878. The number of aromatic nitrogens is 1. The number of rotatable bonds is 4. The van der Waals surface area contributed by atoms with Gasteiger partial charge < -0.3 is 10.1 Å². The van der Waals surface area contributed by atoms with Gasteiger partial charge in [-0.05, 0) is 37.3 Å². The molecule has 2 rings (SSSR count). The van der Waals surface area contributed by atoms with Crippen LogP contribution in [0.25, 0.3) is 0 Å². The van der Waals surface area contributed by atoms with E-state index in [1.807, 2.05) is 6.07 Å². The smallest absolute Gasteiger partial charge is 0.269 e. The Kier molecular flexibility index (Phi) is 4.70. The van der Waals surface area contributed by atoms with E-state index in [-0.39, 0.29) is 5.91 Å². The third-order valence-corrected chi connectivity index (χ3v) is 3.52. The Hall–Kier alpha value is -1.42. The van der Waals surface area contributed by atoms with Gasteiger partial charge in [0, 0.05) is 19.9 Å². The topological polar surface area (TPSA) is 51.2 Å². The number of nitrogens with one attached hydrogen (secondary N) is 1. The van der Waals surface area contributed by atoms with Crippen LogP contribution in [0.2, 0.25) is 0 Å². The van der Waals surface area contributed by atoms with Crippen LogP contribution in [0.4, 0.5) is 0 Å². The van der Waals surface area contributed by atoms with Gasteiger partial charge in [-0.1, -0.05) is 12.5 Å². The molecule has 4 nitrogen and oxygen atoms in total. The van der Waals surface area contributed by atoms with Crippen LogP contribution in [-0.2, 0) is 4.74 Å². The number of hydrogen-bond acceptors (Lipinski definition) is 3. The van der Waals surface area contributed by atoms with Crippen LogP contribution in [-0.4, -0.2) is 30.6 Å². The van der Waals surface area contributed by atoms with Crippen molar-refractivity contribution in [1.29, 1.82) is 0 Å². The fourth-order valence-electron chi connectivity index (χ4n) is 2.47. The van der Waals surface area contributed by atoms with Gasteiger partial charge in [0.2, 0.25) is 0 Å². The van der Waals surface area contributed by atoms with E-state index in [0.29, 0.717) is 17.7 Å². The van der Waals surface area contributed by atoms with Crippen LogP contribution in [0.5, 0.6) is 0 Å². The summed E-state index contributed by atoms with van der Waals surface area (Å²) >= 11 is 0. The molecule has 0 bridgehead atoms.